The molecule has 0 bridgehead atoms. The number of hydrogen-bond donors (Lipinski definition) is 0. The third-order valence-electron chi connectivity index (χ3n) is 5.86. The van der Waals surface area contributed by atoms with Crippen LogP contribution >= 0.6 is 0 Å². The highest BCUT2D eigenvalue weighted by Gasteiger charge is 2.23. The number of benzene rings is 1. The number of para-hydroxylation sites is 1. The Hall–Kier alpha value is -2.75. The number of aromatic nitrogens is 4. The molecule has 26 heavy (non-hydrogen) atoms. The molecular weight excluding hydrogens is 320 g/mol. The highest BCUT2D eigenvalue weighted by molar-refractivity contribution is 5.86. The highest BCUT2D eigenvalue weighted by atomic mass is 15.3. The minimum atomic E-state index is 0.594. The van der Waals surface area contributed by atoms with Gasteiger partial charge in [0, 0.05) is 34.3 Å². The molecular formula is C22H22N4. The van der Waals surface area contributed by atoms with Gasteiger partial charge in [-0.15, -0.1) is 0 Å². The summed E-state index contributed by atoms with van der Waals surface area (Å²) in [6.45, 7) is 4.34. The largest absolute Gasteiger partial charge is 0.256 e. The van der Waals surface area contributed by atoms with E-state index < -0.39 is 0 Å². The van der Waals surface area contributed by atoms with E-state index in [2.05, 4.69) is 36.1 Å². The number of rotatable bonds is 2. The van der Waals surface area contributed by atoms with Gasteiger partial charge in [-0.3, -0.25) is 4.98 Å². The average Bonchev–Trinajstić information content (AvgIpc) is 3.34. The number of pyridine rings is 1. The predicted octanol–water partition coefficient (Wildman–Crippen LogP) is 5.22. The zero-order valence-electron chi connectivity index (χ0n) is 15.2. The Morgan fingerprint density at radius 1 is 1.04 bits per heavy atom. The Bertz CT molecular complexity index is 1120. The molecule has 4 nitrogen and oxygen atoms in total. The first-order chi connectivity index (χ1) is 12.7. The number of nitrogens with zero attached hydrogens (tertiary/aromatic N) is 4. The molecule has 0 atom stereocenters. The first-order valence-electron chi connectivity index (χ1n) is 9.42. The third-order valence-corrected chi connectivity index (χ3v) is 5.86. The molecule has 4 heteroatoms. The van der Waals surface area contributed by atoms with E-state index in [0.29, 0.717) is 5.92 Å². The van der Waals surface area contributed by atoms with E-state index >= 15 is 0 Å². The van der Waals surface area contributed by atoms with Crippen molar-refractivity contribution in [1.82, 2.24) is 19.6 Å². The second kappa shape index (κ2) is 5.90. The van der Waals surface area contributed by atoms with Crippen LogP contribution in [0.3, 0.4) is 0 Å². The maximum atomic E-state index is 5.11. The summed E-state index contributed by atoms with van der Waals surface area (Å²) in [4.78, 5) is 9.73. The normalized spacial score (nSPS) is 15.3. The monoisotopic (exact) mass is 342 g/mol. The molecule has 3 aromatic heterocycles. The lowest BCUT2D eigenvalue weighted by Crippen LogP contribution is -2.07. The van der Waals surface area contributed by atoms with Crippen molar-refractivity contribution in [3.8, 4) is 11.1 Å². The summed E-state index contributed by atoms with van der Waals surface area (Å²) in [5, 5.41) is 5.77. The molecule has 0 spiro atoms. The van der Waals surface area contributed by atoms with Crippen molar-refractivity contribution >= 4 is 16.6 Å². The lowest BCUT2D eigenvalue weighted by Gasteiger charge is -2.15. The SMILES string of the molecule is Cc1c(C2CCCC2)nc2c(-c3cnc4ccccc4c3)cnn2c1C. The van der Waals surface area contributed by atoms with Crippen molar-refractivity contribution in [2.75, 3.05) is 0 Å². The van der Waals surface area contributed by atoms with Gasteiger partial charge in [0.05, 0.1) is 17.4 Å². The van der Waals surface area contributed by atoms with E-state index in [-0.39, 0.29) is 0 Å². The van der Waals surface area contributed by atoms with Gasteiger partial charge in [-0.25, -0.2) is 9.50 Å². The summed E-state index contributed by atoms with van der Waals surface area (Å²) in [6.07, 6.45) is 9.01. The summed E-state index contributed by atoms with van der Waals surface area (Å²) in [6, 6.07) is 10.4. The molecule has 130 valence electrons. The second-order valence-corrected chi connectivity index (χ2v) is 7.40. The summed E-state index contributed by atoms with van der Waals surface area (Å²) >= 11 is 0. The number of aryl methyl sites for hydroxylation is 1. The molecule has 4 aromatic rings. The van der Waals surface area contributed by atoms with Gasteiger partial charge in [0.2, 0.25) is 0 Å². The zero-order valence-corrected chi connectivity index (χ0v) is 15.2. The van der Waals surface area contributed by atoms with Crippen LogP contribution in [0.1, 0.15) is 48.6 Å². The average molecular weight is 342 g/mol. The van der Waals surface area contributed by atoms with Crippen molar-refractivity contribution in [3.63, 3.8) is 0 Å². The van der Waals surface area contributed by atoms with Gasteiger partial charge in [0.15, 0.2) is 5.65 Å². The molecule has 3 heterocycles. The molecule has 5 rings (SSSR count). The van der Waals surface area contributed by atoms with Crippen LogP contribution in [-0.2, 0) is 0 Å². The molecule has 0 radical (unpaired) electrons. The molecule has 0 N–H and O–H groups in total. The molecule has 1 aliphatic rings. The van der Waals surface area contributed by atoms with E-state index in [1.165, 1.54) is 42.6 Å². The van der Waals surface area contributed by atoms with E-state index in [0.717, 1.165) is 27.7 Å². The van der Waals surface area contributed by atoms with Gasteiger partial charge in [-0.1, -0.05) is 31.0 Å². The Morgan fingerprint density at radius 3 is 2.69 bits per heavy atom. The van der Waals surface area contributed by atoms with E-state index in [1.54, 1.807) is 0 Å². The fraction of sp³-hybridized carbons (Fsp3) is 0.318. The smallest absolute Gasteiger partial charge is 0.163 e. The quantitative estimate of drug-likeness (QED) is 0.502. The van der Waals surface area contributed by atoms with Crippen LogP contribution < -0.4 is 0 Å². The minimum absolute atomic E-state index is 0.594. The maximum absolute atomic E-state index is 5.11. The van der Waals surface area contributed by atoms with Crippen LogP contribution in [0, 0.1) is 13.8 Å². The van der Waals surface area contributed by atoms with Gasteiger partial charge in [-0.2, -0.15) is 5.10 Å². The van der Waals surface area contributed by atoms with Crippen LogP contribution in [0.4, 0.5) is 0 Å². The van der Waals surface area contributed by atoms with Crippen molar-refractivity contribution in [2.45, 2.75) is 45.4 Å². The third kappa shape index (κ3) is 2.32. The Labute approximate surface area is 152 Å². The molecule has 1 saturated carbocycles. The zero-order chi connectivity index (χ0) is 17.7. The second-order valence-electron chi connectivity index (χ2n) is 7.40. The highest BCUT2D eigenvalue weighted by Crippen LogP contribution is 2.36. The Morgan fingerprint density at radius 2 is 1.85 bits per heavy atom. The fourth-order valence-electron chi connectivity index (χ4n) is 4.26. The Balaban J connectivity index is 1.72. The lowest BCUT2D eigenvalue weighted by molar-refractivity contribution is 0.683. The summed E-state index contributed by atoms with van der Waals surface area (Å²) < 4.78 is 1.98. The molecule has 0 aliphatic heterocycles. The van der Waals surface area contributed by atoms with Crippen molar-refractivity contribution in [3.05, 3.63) is 59.7 Å². The van der Waals surface area contributed by atoms with Gasteiger partial charge in [0.1, 0.15) is 0 Å². The van der Waals surface area contributed by atoms with E-state index in [9.17, 15) is 0 Å². The van der Waals surface area contributed by atoms with Crippen LogP contribution in [-0.4, -0.2) is 19.6 Å². The Kier molecular flexibility index (Phi) is 3.52. The number of fused-ring (bicyclic) bond motifs is 2. The van der Waals surface area contributed by atoms with Crippen LogP contribution in [0.25, 0.3) is 27.7 Å². The van der Waals surface area contributed by atoms with E-state index in [4.69, 9.17) is 4.98 Å². The van der Waals surface area contributed by atoms with Crippen LogP contribution in [0.5, 0.6) is 0 Å². The van der Waals surface area contributed by atoms with Gasteiger partial charge < -0.3 is 0 Å². The first kappa shape index (κ1) is 15.5. The van der Waals surface area contributed by atoms with Crippen LogP contribution in [0.2, 0.25) is 0 Å². The molecule has 1 fully saturated rings. The van der Waals surface area contributed by atoms with Crippen LogP contribution in [0.15, 0.2) is 42.7 Å². The molecule has 1 aromatic carbocycles. The van der Waals surface area contributed by atoms with Gasteiger partial charge >= 0.3 is 0 Å². The lowest BCUT2D eigenvalue weighted by atomic mass is 9.98. The van der Waals surface area contributed by atoms with Gasteiger partial charge in [0.25, 0.3) is 0 Å². The predicted molar refractivity (Wildman–Crippen MR) is 104 cm³/mol. The van der Waals surface area contributed by atoms with Crippen molar-refractivity contribution < 1.29 is 0 Å². The molecule has 0 unspecified atom stereocenters. The fourth-order valence-corrected chi connectivity index (χ4v) is 4.26. The summed E-state index contributed by atoms with van der Waals surface area (Å²) in [7, 11) is 0. The minimum Gasteiger partial charge on any atom is -0.256 e. The van der Waals surface area contributed by atoms with Crippen molar-refractivity contribution in [1.29, 1.82) is 0 Å². The summed E-state index contributed by atoms with van der Waals surface area (Å²) in [5.41, 5.74) is 7.85. The molecule has 0 amide bonds. The summed E-state index contributed by atoms with van der Waals surface area (Å²) in [5.74, 6) is 0.594. The molecule has 0 saturated heterocycles. The topological polar surface area (TPSA) is 43.1 Å². The van der Waals surface area contributed by atoms with Gasteiger partial charge in [-0.05, 0) is 44.4 Å². The van der Waals surface area contributed by atoms with Crippen molar-refractivity contribution in [2.24, 2.45) is 0 Å². The molecule has 1 aliphatic carbocycles. The van der Waals surface area contributed by atoms with E-state index in [1.807, 2.05) is 35.1 Å². The standard InChI is InChI=1S/C22H22N4/c1-14-15(2)26-22(25-21(14)16-7-3-4-8-16)19(13-24-26)18-11-17-9-5-6-10-20(17)23-12-18/h5-6,9-13,16H,3-4,7-8H2,1-2H3. The first-order valence-corrected chi connectivity index (χ1v) is 9.42. The maximum Gasteiger partial charge on any atom is 0.163 e. The number of hydrogen-bond acceptors (Lipinski definition) is 3.